The minimum Gasteiger partial charge on any atom is -0.496 e. The van der Waals surface area contributed by atoms with Gasteiger partial charge in [-0.05, 0) is 30.7 Å². The highest BCUT2D eigenvalue weighted by Crippen LogP contribution is 2.22. The van der Waals surface area contributed by atoms with Crippen LogP contribution in [-0.4, -0.2) is 56.8 Å². The Bertz CT molecular complexity index is 868. The monoisotopic (exact) mass is 374 g/mol. The molecular formula is C19H22N2O4S. The van der Waals surface area contributed by atoms with E-state index in [2.05, 4.69) is 0 Å². The molecule has 0 radical (unpaired) electrons. The van der Waals surface area contributed by atoms with E-state index < -0.39 is 10.0 Å². The van der Waals surface area contributed by atoms with Crippen LogP contribution in [0.3, 0.4) is 0 Å². The van der Waals surface area contributed by atoms with Crippen LogP contribution in [0.4, 0.5) is 0 Å². The van der Waals surface area contributed by atoms with Crippen molar-refractivity contribution in [3.05, 3.63) is 60.2 Å². The van der Waals surface area contributed by atoms with Crippen molar-refractivity contribution in [2.24, 2.45) is 0 Å². The van der Waals surface area contributed by atoms with Crippen molar-refractivity contribution < 1.29 is 17.9 Å². The number of sulfonamides is 1. The quantitative estimate of drug-likeness (QED) is 0.823. The summed E-state index contributed by atoms with van der Waals surface area (Å²) in [5, 5.41) is 0. The smallest absolute Gasteiger partial charge is 0.257 e. The molecule has 138 valence electrons. The van der Waals surface area contributed by atoms with Crippen LogP contribution in [0, 0.1) is 0 Å². The third kappa shape index (κ3) is 3.73. The summed E-state index contributed by atoms with van der Waals surface area (Å²) < 4.78 is 32.3. The predicted octanol–water partition coefficient (Wildman–Crippen LogP) is 2.23. The van der Waals surface area contributed by atoms with E-state index >= 15 is 0 Å². The van der Waals surface area contributed by atoms with Gasteiger partial charge in [-0.15, -0.1) is 0 Å². The fourth-order valence-corrected chi connectivity index (χ4v) is 4.56. The van der Waals surface area contributed by atoms with Crippen molar-refractivity contribution in [1.29, 1.82) is 0 Å². The minimum absolute atomic E-state index is 0.138. The Morgan fingerprint density at radius 1 is 0.923 bits per heavy atom. The molecule has 0 saturated carbocycles. The first-order chi connectivity index (χ1) is 12.5. The van der Waals surface area contributed by atoms with Gasteiger partial charge in [-0.25, -0.2) is 8.42 Å². The van der Waals surface area contributed by atoms with Gasteiger partial charge >= 0.3 is 0 Å². The second-order valence-electron chi connectivity index (χ2n) is 6.06. The number of hydrogen-bond acceptors (Lipinski definition) is 4. The van der Waals surface area contributed by atoms with Crippen molar-refractivity contribution >= 4 is 15.9 Å². The summed E-state index contributed by atoms with van der Waals surface area (Å²) >= 11 is 0. The molecule has 0 N–H and O–H groups in total. The molecule has 7 heteroatoms. The summed E-state index contributed by atoms with van der Waals surface area (Å²) in [6.07, 6.45) is 0.590. The fraction of sp³-hybridized carbons (Fsp3) is 0.316. The maximum Gasteiger partial charge on any atom is 0.257 e. The van der Waals surface area contributed by atoms with Gasteiger partial charge in [-0.3, -0.25) is 4.79 Å². The van der Waals surface area contributed by atoms with E-state index in [4.69, 9.17) is 4.74 Å². The van der Waals surface area contributed by atoms with Gasteiger partial charge in [0.25, 0.3) is 5.91 Å². The number of nitrogens with zero attached hydrogens (tertiary/aromatic N) is 2. The lowest BCUT2D eigenvalue weighted by Gasteiger charge is -2.22. The fourth-order valence-electron chi connectivity index (χ4n) is 3.07. The first-order valence-corrected chi connectivity index (χ1v) is 9.95. The maximum atomic E-state index is 12.8. The summed E-state index contributed by atoms with van der Waals surface area (Å²) in [5.41, 5.74) is 0.495. The standard InChI is InChI=1S/C19H22N2O4S/c1-25-18-11-6-5-10-17(18)19(22)20-12-7-13-21(15-14-20)26(23,24)16-8-3-2-4-9-16/h2-6,8-11H,7,12-15H2,1H3. The third-order valence-corrected chi connectivity index (χ3v) is 6.37. The molecule has 26 heavy (non-hydrogen) atoms. The van der Waals surface area contributed by atoms with Crippen molar-refractivity contribution in [2.75, 3.05) is 33.3 Å². The number of benzene rings is 2. The van der Waals surface area contributed by atoms with Crippen LogP contribution in [0.25, 0.3) is 0 Å². The molecule has 0 aliphatic carbocycles. The van der Waals surface area contributed by atoms with Crippen LogP contribution in [0.15, 0.2) is 59.5 Å². The van der Waals surface area contributed by atoms with Crippen LogP contribution in [0.5, 0.6) is 5.75 Å². The van der Waals surface area contributed by atoms with Gasteiger partial charge < -0.3 is 9.64 Å². The van der Waals surface area contributed by atoms with Gasteiger partial charge in [0.2, 0.25) is 10.0 Å². The highest BCUT2D eigenvalue weighted by molar-refractivity contribution is 7.89. The van der Waals surface area contributed by atoms with E-state index in [0.717, 1.165) is 0 Å². The highest BCUT2D eigenvalue weighted by Gasteiger charge is 2.29. The van der Waals surface area contributed by atoms with E-state index in [9.17, 15) is 13.2 Å². The number of para-hydroxylation sites is 1. The second kappa shape index (κ2) is 7.88. The van der Waals surface area contributed by atoms with Gasteiger partial charge in [0.15, 0.2) is 0 Å². The van der Waals surface area contributed by atoms with Crippen molar-refractivity contribution in [2.45, 2.75) is 11.3 Å². The van der Waals surface area contributed by atoms with Gasteiger partial charge in [0, 0.05) is 26.2 Å². The van der Waals surface area contributed by atoms with E-state index in [-0.39, 0.29) is 17.3 Å². The molecule has 1 amide bonds. The molecule has 1 fully saturated rings. The summed E-state index contributed by atoms with van der Waals surface area (Å²) in [6, 6.07) is 15.5. The van der Waals surface area contributed by atoms with E-state index in [1.165, 1.54) is 11.4 Å². The largest absolute Gasteiger partial charge is 0.496 e. The number of ether oxygens (including phenoxy) is 1. The van der Waals surface area contributed by atoms with Gasteiger partial charge in [-0.1, -0.05) is 30.3 Å². The summed E-state index contributed by atoms with van der Waals surface area (Å²) in [6.45, 7) is 1.53. The molecule has 1 aliphatic rings. The predicted molar refractivity (Wildman–Crippen MR) is 98.7 cm³/mol. The molecule has 0 bridgehead atoms. The number of rotatable bonds is 4. The van der Waals surface area contributed by atoms with E-state index in [1.54, 1.807) is 53.4 Å². The second-order valence-corrected chi connectivity index (χ2v) is 8.00. The Morgan fingerprint density at radius 3 is 2.35 bits per heavy atom. The summed E-state index contributed by atoms with van der Waals surface area (Å²) in [7, 11) is -2.01. The van der Waals surface area contributed by atoms with Crippen molar-refractivity contribution in [3.8, 4) is 5.75 Å². The lowest BCUT2D eigenvalue weighted by Crippen LogP contribution is -2.37. The van der Waals surface area contributed by atoms with E-state index in [0.29, 0.717) is 37.4 Å². The minimum atomic E-state index is -3.54. The third-order valence-electron chi connectivity index (χ3n) is 4.46. The maximum absolute atomic E-state index is 12.8. The molecule has 3 rings (SSSR count). The molecule has 0 spiro atoms. The molecule has 2 aromatic carbocycles. The van der Waals surface area contributed by atoms with Gasteiger partial charge in [-0.2, -0.15) is 4.31 Å². The molecular weight excluding hydrogens is 352 g/mol. The molecule has 1 aliphatic heterocycles. The number of methoxy groups -OCH3 is 1. The Balaban J connectivity index is 1.75. The summed E-state index contributed by atoms with van der Waals surface area (Å²) in [5.74, 6) is 0.386. The Kier molecular flexibility index (Phi) is 5.58. The zero-order valence-electron chi connectivity index (χ0n) is 14.7. The number of carbonyl (C=O) groups excluding carboxylic acids is 1. The van der Waals surface area contributed by atoms with Crippen molar-refractivity contribution in [3.63, 3.8) is 0 Å². The lowest BCUT2D eigenvalue weighted by atomic mass is 10.1. The van der Waals surface area contributed by atoms with Crippen LogP contribution < -0.4 is 4.74 Å². The number of carbonyl (C=O) groups is 1. The van der Waals surface area contributed by atoms with Gasteiger partial charge in [0.05, 0.1) is 17.6 Å². The SMILES string of the molecule is COc1ccccc1C(=O)N1CCCN(S(=O)(=O)c2ccccc2)CC1. The summed E-state index contributed by atoms with van der Waals surface area (Å²) in [4.78, 5) is 14.8. The zero-order valence-corrected chi connectivity index (χ0v) is 15.5. The van der Waals surface area contributed by atoms with E-state index in [1.807, 2.05) is 6.07 Å². The molecule has 1 heterocycles. The Labute approximate surface area is 154 Å². The average molecular weight is 374 g/mol. The molecule has 6 nitrogen and oxygen atoms in total. The number of amides is 1. The molecule has 0 atom stereocenters. The molecule has 2 aromatic rings. The van der Waals surface area contributed by atoms with Crippen LogP contribution >= 0.6 is 0 Å². The van der Waals surface area contributed by atoms with Crippen molar-refractivity contribution in [1.82, 2.24) is 9.21 Å². The topological polar surface area (TPSA) is 66.9 Å². The molecule has 0 aromatic heterocycles. The first-order valence-electron chi connectivity index (χ1n) is 8.51. The Hall–Kier alpha value is -2.38. The normalized spacial score (nSPS) is 16.1. The highest BCUT2D eigenvalue weighted by atomic mass is 32.2. The molecule has 1 saturated heterocycles. The lowest BCUT2D eigenvalue weighted by molar-refractivity contribution is 0.0761. The van der Waals surface area contributed by atoms with Crippen LogP contribution in [-0.2, 0) is 10.0 Å². The van der Waals surface area contributed by atoms with Crippen LogP contribution in [0.2, 0.25) is 0 Å². The number of hydrogen-bond donors (Lipinski definition) is 0. The van der Waals surface area contributed by atoms with Crippen LogP contribution in [0.1, 0.15) is 16.8 Å². The Morgan fingerprint density at radius 2 is 1.62 bits per heavy atom. The first kappa shape index (κ1) is 18.4. The van der Waals surface area contributed by atoms with Gasteiger partial charge in [0.1, 0.15) is 5.75 Å². The molecule has 0 unspecified atom stereocenters. The zero-order chi connectivity index (χ0) is 18.6. The average Bonchev–Trinajstić information content (AvgIpc) is 2.95.